The fourth-order valence-corrected chi connectivity index (χ4v) is 0.954. The Labute approximate surface area is 81.5 Å². The van der Waals surface area contributed by atoms with Crippen molar-refractivity contribution in [2.45, 2.75) is 6.92 Å². The number of pyridine rings is 1. The average Bonchev–Trinajstić information content (AvgIpc) is 2.15. The van der Waals surface area contributed by atoms with Gasteiger partial charge in [-0.05, 0) is 13.0 Å². The van der Waals surface area contributed by atoms with Crippen LogP contribution in [0.1, 0.15) is 6.92 Å². The Hall–Kier alpha value is -1.65. The Morgan fingerprint density at radius 3 is 3.07 bits per heavy atom. The summed E-state index contributed by atoms with van der Waals surface area (Å²) in [5, 5.41) is 5.40. The zero-order valence-electron chi connectivity index (χ0n) is 7.88. The minimum Gasteiger partial charge on any atom is -0.376 e. The van der Waals surface area contributed by atoms with Gasteiger partial charge in [0.1, 0.15) is 0 Å². The molecule has 0 bridgehead atoms. The van der Waals surface area contributed by atoms with E-state index in [1.807, 2.05) is 6.92 Å². The van der Waals surface area contributed by atoms with Gasteiger partial charge in [0.2, 0.25) is 11.9 Å². The molecule has 5 heteroatoms. The summed E-state index contributed by atoms with van der Waals surface area (Å²) in [6, 6.07) is 2.83. The molecule has 0 unspecified atom stereocenters. The van der Waals surface area contributed by atoms with E-state index in [1.165, 1.54) is 12.3 Å². The number of hydrogen-bond acceptors (Lipinski definition) is 3. The fraction of sp³-hybridized carbons (Fsp3) is 0.333. The lowest BCUT2D eigenvalue weighted by Gasteiger charge is -2.05. The van der Waals surface area contributed by atoms with Crippen LogP contribution in [-0.4, -0.2) is 24.0 Å². The van der Waals surface area contributed by atoms with Crippen molar-refractivity contribution in [3.05, 3.63) is 24.3 Å². The highest BCUT2D eigenvalue weighted by atomic mass is 19.1. The second-order valence-electron chi connectivity index (χ2n) is 2.67. The van der Waals surface area contributed by atoms with Crippen molar-refractivity contribution in [3.63, 3.8) is 0 Å². The molecular weight excluding hydrogens is 185 g/mol. The van der Waals surface area contributed by atoms with Gasteiger partial charge in [-0.3, -0.25) is 4.79 Å². The Morgan fingerprint density at radius 1 is 1.64 bits per heavy atom. The molecule has 0 saturated heterocycles. The van der Waals surface area contributed by atoms with Crippen LogP contribution in [0, 0.1) is 5.95 Å². The number of carbonyl (C=O) groups excluding carboxylic acids is 1. The maximum absolute atomic E-state index is 12.6. The van der Waals surface area contributed by atoms with E-state index in [2.05, 4.69) is 15.6 Å². The standard InChI is InChI=1S/C9H12FN3O/c1-2-11-9(14)6-13-7-3-4-12-8(10)5-7/h3-5H,2,6H2,1H3,(H,11,14)(H,12,13). The third-order valence-corrected chi connectivity index (χ3v) is 1.55. The van der Waals surface area contributed by atoms with E-state index in [-0.39, 0.29) is 12.5 Å². The first-order valence-corrected chi connectivity index (χ1v) is 4.34. The largest absolute Gasteiger partial charge is 0.376 e. The molecule has 0 aliphatic heterocycles. The number of nitrogens with one attached hydrogen (secondary N) is 2. The van der Waals surface area contributed by atoms with Crippen molar-refractivity contribution in [3.8, 4) is 0 Å². The first kappa shape index (κ1) is 10.4. The molecule has 0 aliphatic rings. The number of anilines is 1. The summed E-state index contributed by atoms with van der Waals surface area (Å²) < 4.78 is 12.6. The maximum atomic E-state index is 12.6. The molecule has 0 aromatic carbocycles. The van der Waals surface area contributed by atoms with Crippen LogP contribution in [0.2, 0.25) is 0 Å². The van der Waals surface area contributed by atoms with Crippen LogP contribution in [0.3, 0.4) is 0 Å². The normalized spacial score (nSPS) is 9.57. The summed E-state index contributed by atoms with van der Waals surface area (Å²) in [7, 11) is 0. The van der Waals surface area contributed by atoms with E-state index in [1.54, 1.807) is 6.07 Å². The van der Waals surface area contributed by atoms with Gasteiger partial charge < -0.3 is 10.6 Å². The molecule has 1 aromatic rings. The van der Waals surface area contributed by atoms with E-state index < -0.39 is 5.95 Å². The van der Waals surface area contributed by atoms with Crippen molar-refractivity contribution in [1.82, 2.24) is 10.3 Å². The van der Waals surface area contributed by atoms with Gasteiger partial charge in [-0.25, -0.2) is 4.98 Å². The predicted octanol–water partition coefficient (Wildman–Crippen LogP) is 0.769. The summed E-state index contributed by atoms with van der Waals surface area (Å²) >= 11 is 0. The molecule has 0 fully saturated rings. The average molecular weight is 197 g/mol. The lowest BCUT2D eigenvalue weighted by Crippen LogP contribution is -2.29. The molecule has 2 N–H and O–H groups in total. The number of aromatic nitrogens is 1. The molecule has 0 atom stereocenters. The van der Waals surface area contributed by atoms with Gasteiger partial charge in [0.05, 0.1) is 6.54 Å². The van der Waals surface area contributed by atoms with E-state index >= 15 is 0 Å². The van der Waals surface area contributed by atoms with Crippen LogP contribution in [0.4, 0.5) is 10.1 Å². The molecule has 0 saturated carbocycles. The van der Waals surface area contributed by atoms with Crippen LogP contribution in [-0.2, 0) is 4.79 Å². The number of rotatable bonds is 4. The van der Waals surface area contributed by atoms with E-state index in [0.717, 1.165) is 0 Å². The summed E-state index contributed by atoms with van der Waals surface area (Å²) in [5.41, 5.74) is 0.545. The molecule has 76 valence electrons. The van der Waals surface area contributed by atoms with Crippen LogP contribution < -0.4 is 10.6 Å². The molecule has 14 heavy (non-hydrogen) atoms. The summed E-state index contributed by atoms with van der Waals surface area (Å²) in [6.45, 7) is 2.56. The Morgan fingerprint density at radius 2 is 2.43 bits per heavy atom. The zero-order valence-corrected chi connectivity index (χ0v) is 7.88. The van der Waals surface area contributed by atoms with Crippen molar-refractivity contribution >= 4 is 11.6 Å². The highest BCUT2D eigenvalue weighted by Gasteiger charge is 1.99. The molecule has 1 amide bonds. The Balaban J connectivity index is 2.41. The Bertz CT molecular complexity index is 317. The number of nitrogens with zero attached hydrogens (tertiary/aromatic N) is 1. The van der Waals surface area contributed by atoms with E-state index in [4.69, 9.17) is 0 Å². The second kappa shape index (κ2) is 5.16. The summed E-state index contributed by atoms with van der Waals surface area (Å²) in [5.74, 6) is -0.685. The van der Waals surface area contributed by atoms with Crippen molar-refractivity contribution in [2.75, 3.05) is 18.4 Å². The topological polar surface area (TPSA) is 54.0 Å². The molecular formula is C9H12FN3O. The maximum Gasteiger partial charge on any atom is 0.239 e. The number of halogens is 1. The van der Waals surface area contributed by atoms with Crippen LogP contribution in [0.15, 0.2) is 18.3 Å². The summed E-state index contributed by atoms with van der Waals surface area (Å²) in [4.78, 5) is 14.4. The van der Waals surface area contributed by atoms with Crippen LogP contribution in [0.25, 0.3) is 0 Å². The van der Waals surface area contributed by atoms with E-state index in [0.29, 0.717) is 12.2 Å². The number of carbonyl (C=O) groups is 1. The lowest BCUT2D eigenvalue weighted by molar-refractivity contribution is -0.119. The third kappa shape index (κ3) is 3.38. The molecule has 4 nitrogen and oxygen atoms in total. The predicted molar refractivity (Wildman–Crippen MR) is 51.4 cm³/mol. The lowest BCUT2D eigenvalue weighted by atomic mass is 10.4. The van der Waals surface area contributed by atoms with Crippen LogP contribution in [0.5, 0.6) is 0 Å². The molecule has 0 aliphatic carbocycles. The third-order valence-electron chi connectivity index (χ3n) is 1.55. The van der Waals surface area contributed by atoms with Gasteiger partial charge >= 0.3 is 0 Å². The van der Waals surface area contributed by atoms with Gasteiger partial charge in [-0.1, -0.05) is 0 Å². The number of likely N-dealkylation sites (N-methyl/N-ethyl adjacent to an activating group) is 1. The van der Waals surface area contributed by atoms with Gasteiger partial charge in [-0.15, -0.1) is 0 Å². The minimum atomic E-state index is -0.564. The van der Waals surface area contributed by atoms with Crippen molar-refractivity contribution in [2.24, 2.45) is 0 Å². The van der Waals surface area contributed by atoms with Crippen molar-refractivity contribution < 1.29 is 9.18 Å². The molecule has 1 rings (SSSR count). The minimum absolute atomic E-state index is 0.121. The molecule has 1 heterocycles. The van der Waals surface area contributed by atoms with Gasteiger partial charge in [0.15, 0.2) is 0 Å². The van der Waals surface area contributed by atoms with Crippen LogP contribution >= 0.6 is 0 Å². The van der Waals surface area contributed by atoms with Gasteiger partial charge in [-0.2, -0.15) is 4.39 Å². The monoisotopic (exact) mass is 197 g/mol. The first-order valence-electron chi connectivity index (χ1n) is 4.34. The smallest absolute Gasteiger partial charge is 0.239 e. The quantitative estimate of drug-likeness (QED) is 0.701. The fourth-order valence-electron chi connectivity index (χ4n) is 0.954. The second-order valence-corrected chi connectivity index (χ2v) is 2.67. The molecule has 0 radical (unpaired) electrons. The highest BCUT2D eigenvalue weighted by Crippen LogP contribution is 2.05. The van der Waals surface area contributed by atoms with Gasteiger partial charge in [0, 0.05) is 24.5 Å². The first-order chi connectivity index (χ1) is 6.72. The molecule has 1 aromatic heterocycles. The summed E-state index contributed by atoms with van der Waals surface area (Å²) in [6.07, 6.45) is 1.34. The number of amides is 1. The van der Waals surface area contributed by atoms with Gasteiger partial charge in [0.25, 0.3) is 0 Å². The molecule has 0 spiro atoms. The number of hydrogen-bond donors (Lipinski definition) is 2. The highest BCUT2D eigenvalue weighted by molar-refractivity contribution is 5.80. The van der Waals surface area contributed by atoms with Crippen molar-refractivity contribution in [1.29, 1.82) is 0 Å². The van der Waals surface area contributed by atoms with E-state index in [9.17, 15) is 9.18 Å². The Kier molecular flexibility index (Phi) is 3.84. The SMILES string of the molecule is CCNC(=O)CNc1ccnc(F)c1. The zero-order chi connectivity index (χ0) is 10.4.